The number of likely N-dealkylation sites (tertiary alicyclic amines) is 1. The van der Waals surface area contributed by atoms with E-state index in [9.17, 15) is 13.6 Å². The topological polar surface area (TPSA) is 38.8 Å². The molecule has 23 heavy (non-hydrogen) atoms. The number of halogens is 2. The summed E-state index contributed by atoms with van der Waals surface area (Å²) in [6, 6.07) is 3.62. The molecule has 0 aromatic heterocycles. The first-order valence-electron chi connectivity index (χ1n) is 7.75. The number of carbonyl (C=O) groups is 1. The Morgan fingerprint density at radius 3 is 2.74 bits per heavy atom. The molecule has 1 atom stereocenters. The molecule has 1 amide bonds. The van der Waals surface area contributed by atoms with Crippen LogP contribution in [0, 0.1) is 11.6 Å². The highest BCUT2D eigenvalue weighted by Gasteiger charge is 2.35. The Bertz CT molecular complexity index is 566. The van der Waals surface area contributed by atoms with Crippen molar-refractivity contribution in [1.29, 1.82) is 0 Å². The van der Waals surface area contributed by atoms with Crippen LogP contribution in [0.2, 0.25) is 0 Å². The van der Waals surface area contributed by atoms with Crippen LogP contribution in [0.15, 0.2) is 23.1 Å². The van der Waals surface area contributed by atoms with Crippen molar-refractivity contribution in [3.8, 4) is 0 Å². The summed E-state index contributed by atoms with van der Waals surface area (Å²) in [5, 5.41) is 0. The maximum absolute atomic E-state index is 13.2. The minimum Gasteiger partial charge on any atom is -0.348 e. The molecule has 0 radical (unpaired) electrons. The molecule has 1 aromatic carbocycles. The third-order valence-electron chi connectivity index (χ3n) is 4.08. The number of benzene rings is 1. The van der Waals surface area contributed by atoms with Crippen molar-refractivity contribution in [2.45, 2.75) is 36.5 Å². The summed E-state index contributed by atoms with van der Waals surface area (Å²) in [5.74, 6) is -1.62. The largest absolute Gasteiger partial charge is 0.348 e. The van der Waals surface area contributed by atoms with Crippen molar-refractivity contribution < 1.29 is 23.0 Å². The highest BCUT2D eigenvalue weighted by molar-refractivity contribution is 8.00. The van der Waals surface area contributed by atoms with Crippen molar-refractivity contribution >= 4 is 17.7 Å². The van der Waals surface area contributed by atoms with Gasteiger partial charge in [0.25, 0.3) is 0 Å². The molecule has 2 saturated heterocycles. The highest BCUT2D eigenvalue weighted by atomic mass is 32.2. The van der Waals surface area contributed by atoms with Crippen LogP contribution in [-0.4, -0.2) is 48.7 Å². The lowest BCUT2D eigenvalue weighted by Crippen LogP contribution is -2.50. The fourth-order valence-electron chi connectivity index (χ4n) is 2.94. The number of amides is 1. The second-order valence-electron chi connectivity index (χ2n) is 5.62. The quantitative estimate of drug-likeness (QED) is 0.788. The van der Waals surface area contributed by atoms with Gasteiger partial charge in [0.2, 0.25) is 5.91 Å². The molecule has 2 fully saturated rings. The van der Waals surface area contributed by atoms with Gasteiger partial charge < -0.3 is 14.4 Å². The van der Waals surface area contributed by atoms with Crippen LogP contribution >= 0.6 is 11.8 Å². The van der Waals surface area contributed by atoms with Crippen molar-refractivity contribution in [2.24, 2.45) is 0 Å². The van der Waals surface area contributed by atoms with E-state index in [2.05, 4.69) is 0 Å². The van der Waals surface area contributed by atoms with Crippen LogP contribution in [-0.2, 0) is 14.3 Å². The average molecular weight is 343 g/mol. The third kappa shape index (κ3) is 4.02. The summed E-state index contributed by atoms with van der Waals surface area (Å²) >= 11 is 1.21. The van der Waals surface area contributed by atoms with Gasteiger partial charge >= 0.3 is 0 Å². The summed E-state index contributed by atoms with van der Waals surface area (Å²) in [7, 11) is 0. The van der Waals surface area contributed by atoms with E-state index in [1.807, 2.05) is 4.90 Å². The minimum absolute atomic E-state index is 0.0245. The molecular weight excluding hydrogens is 324 g/mol. The van der Waals surface area contributed by atoms with Gasteiger partial charge in [0.05, 0.1) is 25.0 Å². The molecule has 7 heteroatoms. The lowest BCUT2D eigenvalue weighted by atomic mass is 10.0. The van der Waals surface area contributed by atoms with E-state index in [0.717, 1.165) is 31.4 Å². The number of carbonyl (C=O) groups excluding carboxylic acids is 1. The molecule has 2 aliphatic rings. The van der Waals surface area contributed by atoms with Gasteiger partial charge in [0.1, 0.15) is 0 Å². The predicted molar refractivity (Wildman–Crippen MR) is 82.1 cm³/mol. The molecule has 0 saturated carbocycles. The third-order valence-corrected chi connectivity index (χ3v) is 5.06. The Hall–Kier alpha value is -1.18. The van der Waals surface area contributed by atoms with E-state index in [1.54, 1.807) is 0 Å². The number of thioether (sulfide) groups is 1. The summed E-state index contributed by atoms with van der Waals surface area (Å²) in [5.41, 5.74) is 0. The van der Waals surface area contributed by atoms with Crippen LogP contribution in [0.1, 0.15) is 19.3 Å². The van der Waals surface area contributed by atoms with E-state index in [0.29, 0.717) is 24.7 Å². The summed E-state index contributed by atoms with van der Waals surface area (Å²) < 4.78 is 37.2. The zero-order chi connectivity index (χ0) is 16.2. The zero-order valence-corrected chi connectivity index (χ0v) is 13.5. The van der Waals surface area contributed by atoms with Crippen LogP contribution in [0.25, 0.3) is 0 Å². The number of nitrogens with zero attached hydrogens (tertiary/aromatic N) is 1. The monoisotopic (exact) mass is 343 g/mol. The van der Waals surface area contributed by atoms with Crippen molar-refractivity contribution in [3.63, 3.8) is 0 Å². The van der Waals surface area contributed by atoms with E-state index < -0.39 is 11.6 Å². The van der Waals surface area contributed by atoms with Gasteiger partial charge in [-0.1, -0.05) is 0 Å². The van der Waals surface area contributed by atoms with E-state index in [1.165, 1.54) is 17.8 Å². The number of piperidine rings is 1. The summed E-state index contributed by atoms with van der Waals surface area (Å²) in [6.45, 7) is 1.81. The van der Waals surface area contributed by atoms with Gasteiger partial charge in [-0.25, -0.2) is 8.78 Å². The van der Waals surface area contributed by atoms with Gasteiger partial charge in [0, 0.05) is 11.4 Å². The molecule has 0 N–H and O–H groups in total. The fraction of sp³-hybridized carbons (Fsp3) is 0.562. The second-order valence-corrected chi connectivity index (χ2v) is 6.67. The Kier molecular flexibility index (Phi) is 5.50. The maximum Gasteiger partial charge on any atom is 0.233 e. The molecule has 0 aliphatic carbocycles. The first kappa shape index (κ1) is 16.7. The SMILES string of the molecule is O=C(CSc1ccc(F)c(F)c1)N1CCCC[C@H]1C1OCCO1. The van der Waals surface area contributed by atoms with Gasteiger partial charge in [-0.2, -0.15) is 0 Å². The highest BCUT2D eigenvalue weighted by Crippen LogP contribution is 2.27. The number of hydrogen-bond acceptors (Lipinski definition) is 4. The Labute approximate surface area is 138 Å². The molecule has 2 aliphatic heterocycles. The first-order chi connectivity index (χ1) is 11.1. The molecular formula is C16H19F2NO3S. The molecule has 1 aromatic rings. The molecule has 126 valence electrons. The van der Waals surface area contributed by atoms with Crippen molar-refractivity contribution in [1.82, 2.24) is 4.90 Å². The smallest absolute Gasteiger partial charge is 0.233 e. The van der Waals surface area contributed by atoms with Gasteiger partial charge in [0.15, 0.2) is 17.9 Å². The standard InChI is InChI=1S/C16H19F2NO3S/c17-12-5-4-11(9-13(12)18)23-10-15(20)19-6-2-1-3-14(19)16-21-7-8-22-16/h4-5,9,14,16H,1-3,6-8,10H2/t14-/m0/s1. The van der Waals surface area contributed by atoms with Crippen molar-refractivity contribution in [2.75, 3.05) is 25.5 Å². The van der Waals surface area contributed by atoms with Gasteiger partial charge in [-0.15, -0.1) is 11.8 Å². The molecule has 2 heterocycles. The average Bonchev–Trinajstić information content (AvgIpc) is 3.10. The molecule has 3 rings (SSSR count). The summed E-state index contributed by atoms with van der Waals surface area (Å²) in [4.78, 5) is 14.9. The Morgan fingerprint density at radius 2 is 2.00 bits per heavy atom. The van der Waals surface area contributed by atoms with E-state index in [4.69, 9.17) is 9.47 Å². The Balaban J connectivity index is 1.60. The number of rotatable bonds is 4. The van der Waals surface area contributed by atoms with E-state index >= 15 is 0 Å². The van der Waals surface area contributed by atoms with Crippen LogP contribution in [0.5, 0.6) is 0 Å². The molecule has 0 spiro atoms. The van der Waals surface area contributed by atoms with Crippen molar-refractivity contribution in [3.05, 3.63) is 29.8 Å². The van der Waals surface area contributed by atoms with E-state index in [-0.39, 0.29) is 24.0 Å². The fourth-order valence-corrected chi connectivity index (χ4v) is 3.75. The second kappa shape index (κ2) is 7.59. The lowest BCUT2D eigenvalue weighted by Gasteiger charge is -2.38. The van der Waals surface area contributed by atoms with Crippen LogP contribution in [0.3, 0.4) is 0 Å². The molecule has 0 unspecified atom stereocenters. The normalized spacial score (nSPS) is 22.5. The van der Waals surface area contributed by atoms with Crippen LogP contribution in [0.4, 0.5) is 8.78 Å². The van der Waals surface area contributed by atoms with Gasteiger partial charge in [-0.3, -0.25) is 4.79 Å². The number of ether oxygens (including phenoxy) is 2. The Morgan fingerprint density at radius 1 is 1.22 bits per heavy atom. The predicted octanol–water partition coefficient (Wildman–Crippen LogP) is 2.81. The minimum atomic E-state index is -0.897. The first-order valence-corrected chi connectivity index (χ1v) is 8.74. The molecule has 4 nitrogen and oxygen atoms in total. The zero-order valence-electron chi connectivity index (χ0n) is 12.7. The molecule has 0 bridgehead atoms. The maximum atomic E-state index is 13.2. The lowest BCUT2D eigenvalue weighted by molar-refractivity contribution is -0.148. The van der Waals surface area contributed by atoms with Gasteiger partial charge in [-0.05, 0) is 37.5 Å². The van der Waals surface area contributed by atoms with Crippen LogP contribution < -0.4 is 0 Å². The summed E-state index contributed by atoms with van der Waals surface area (Å²) in [6.07, 6.45) is 2.54. The number of hydrogen-bond donors (Lipinski definition) is 0.